The second-order valence-corrected chi connectivity index (χ2v) is 8.15. The van der Waals surface area contributed by atoms with Crippen molar-refractivity contribution < 1.29 is 13.5 Å². The number of imidazole rings is 1. The Labute approximate surface area is 194 Å². The lowest BCUT2D eigenvalue weighted by atomic mass is 10.3. The fourth-order valence-electron chi connectivity index (χ4n) is 2.76. The van der Waals surface area contributed by atoms with Gasteiger partial charge in [-0.2, -0.15) is 0 Å². The van der Waals surface area contributed by atoms with E-state index in [0.717, 1.165) is 38.5 Å². The highest BCUT2D eigenvalue weighted by atomic mass is 35.5. The van der Waals surface area contributed by atoms with Crippen LogP contribution in [0, 0.1) is 12.7 Å². The molecule has 160 valence electrons. The molecule has 0 saturated heterocycles. The van der Waals surface area contributed by atoms with Gasteiger partial charge >= 0.3 is 0 Å². The van der Waals surface area contributed by atoms with E-state index in [9.17, 15) is 4.39 Å². The number of aromatic nitrogens is 3. The third kappa shape index (κ3) is 5.85. The maximum Gasteiger partial charge on any atom is 0.167 e. The van der Waals surface area contributed by atoms with Gasteiger partial charge in [-0.3, -0.25) is 4.98 Å². The fourth-order valence-corrected chi connectivity index (χ4v) is 4.49. The number of hydrogen-bond donors (Lipinski definition) is 1. The van der Waals surface area contributed by atoms with E-state index in [1.54, 1.807) is 24.1 Å². The summed E-state index contributed by atoms with van der Waals surface area (Å²) in [6.45, 7) is 1.99. The Morgan fingerprint density at radius 1 is 1.10 bits per heavy atom. The smallest absolute Gasteiger partial charge is 0.167 e. The highest BCUT2D eigenvalue weighted by Crippen LogP contribution is 2.29. The van der Waals surface area contributed by atoms with E-state index in [0.29, 0.717) is 11.3 Å². The number of thioether (sulfide) groups is 2. The average Bonchev–Trinajstić information content (AvgIpc) is 3.33. The standard InChI is InChI=1S/C20H18FN3O2S2.2ClH/c1-12-6-15(27-11-14-4-3-5-26-14)7-13(22-12)10-28-20-23-17-8-16(21)19(25-2)9-18(17)24-20;;/h3-9H,10-11H2,1-2H3,(H,23,24);2*1H. The molecule has 0 atom stereocenters. The largest absolute Gasteiger partial charge is 0.494 e. The normalized spacial score (nSPS) is 10.5. The number of methoxy groups -OCH3 is 1. The van der Waals surface area contributed by atoms with E-state index >= 15 is 0 Å². The molecule has 0 saturated carbocycles. The van der Waals surface area contributed by atoms with Crippen molar-refractivity contribution in [3.8, 4) is 5.75 Å². The summed E-state index contributed by atoms with van der Waals surface area (Å²) in [5.41, 5.74) is 3.26. The molecule has 4 aromatic rings. The molecule has 5 nitrogen and oxygen atoms in total. The number of fused-ring (bicyclic) bond motifs is 1. The van der Waals surface area contributed by atoms with Gasteiger partial charge in [-0.15, -0.1) is 36.6 Å². The second-order valence-electron chi connectivity index (χ2n) is 6.14. The topological polar surface area (TPSA) is 63.9 Å². The van der Waals surface area contributed by atoms with Crippen LogP contribution in [0.1, 0.15) is 17.1 Å². The Morgan fingerprint density at radius 3 is 2.67 bits per heavy atom. The fraction of sp³-hybridized carbons (Fsp3) is 0.200. The lowest BCUT2D eigenvalue weighted by Gasteiger charge is -2.05. The van der Waals surface area contributed by atoms with Crippen molar-refractivity contribution in [3.05, 3.63) is 65.6 Å². The highest BCUT2D eigenvalue weighted by Gasteiger charge is 2.11. The summed E-state index contributed by atoms with van der Waals surface area (Å²) in [6.07, 6.45) is 1.69. The summed E-state index contributed by atoms with van der Waals surface area (Å²) < 4.78 is 24.2. The molecular weight excluding hydrogens is 468 g/mol. The molecule has 0 unspecified atom stereocenters. The number of ether oxygens (including phenoxy) is 1. The number of furan rings is 1. The molecule has 3 aromatic heterocycles. The molecule has 3 heterocycles. The monoisotopic (exact) mass is 487 g/mol. The van der Waals surface area contributed by atoms with Crippen molar-refractivity contribution in [1.29, 1.82) is 0 Å². The highest BCUT2D eigenvalue weighted by molar-refractivity contribution is 7.98. The summed E-state index contributed by atoms with van der Waals surface area (Å²) in [5.74, 6) is 2.17. The van der Waals surface area contributed by atoms with Gasteiger partial charge in [-0.05, 0) is 31.2 Å². The lowest BCUT2D eigenvalue weighted by molar-refractivity contribution is 0.387. The van der Waals surface area contributed by atoms with E-state index in [1.807, 2.05) is 19.1 Å². The van der Waals surface area contributed by atoms with Gasteiger partial charge in [0.15, 0.2) is 16.7 Å². The molecule has 1 aromatic carbocycles. The molecule has 10 heteroatoms. The number of aryl methyl sites for hydroxylation is 1. The van der Waals surface area contributed by atoms with Crippen LogP contribution in [0.5, 0.6) is 5.75 Å². The second kappa shape index (κ2) is 10.9. The predicted molar refractivity (Wildman–Crippen MR) is 124 cm³/mol. The number of aromatic amines is 1. The summed E-state index contributed by atoms with van der Waals surface area (Å²) in [5, 5.41) is 0.718. The van der Waals surface area contributed by atoms with Crippen LogP contribution < -0.4 is 4.74 Å². The minimum absolute atomic E-state index is 0. The van der Waals surface area contributed by atoms with E-state index in [-0.39, 0.29) is 30.6 Å². The summed E-state index contributed by atoms with van der Waals surface area (Å²) in [7, 11) is 1.45. The first-order valence-corrected chi connectivity index (χ1v) is 10.6. The Kier molecular flexibility index (Phi) is 8.91. The first kappa shape index (κ1) is 24.4. The van der Waals surface area contributed by atoms with Crippen molar-refractivity contribution in [2.75, 3.05) is 7.11 Å². The van der Waals surface area contributed by atoms with Crippen LogP contribution in [0.25, 0.3) is 11.0 Å². The Bertz CT molecular complexity index is 1110. The van der Waals surface area contributed by atoms with Crippen LogP contribution in [-0.4, -0.2) is 22.1 Å². The quantitative estimate of drug-likeness (QED) is 0.302. The van der Waals surface area contributed by atoms with Crippen molar-refractivity contribution in [2.45, 2.75) is 28.5 Å². The maximum atomic E-state index is 13.8. The van der Waals surface area contributed by atoms with Crippen molar-refractivity contribution in [1.82, 2.24) is 15.0 Å². The van der Waals surface area contributed by atoms with Crippen molar-refractivity contribution in [2.24, 2.45) is 0 Å². The van der Waals surface area contributed by atoms with Crippen molar-refractivity contribution >= 4 is 59.4 Å². The first-order chi connectivity index (χ1) is 13.6. The molecule has 1 N–H and O–H groups in total. The molecule has 0 aliphatic rings. The van der Waals surface area contributed by atoms with Gasteiger partial charge in [0, 0.05) is 28.5 Å². The SMILES string of the molecule is COc1cc2[nH]c(SCc3cc(SCc4ccco4)cc(C)n3)nc2cc1F.Cl.Cl. The van der Waals surface area contributed by atoms with Crippen LogP contribution in [0.2, 0.25) is 0 Å². The number of halogens is 3. The molecule has 0 amide bonds. The van der Waals surface area contributed by atoms with Crippen LogP contribution in [-0.2, 0) is 11.5 Å². The molecule has 0 fully saturated rings. The molecule has 0 aliphatic carbocycles. The molecule has 30 heavy (non-hydrogen) atoms. The third-order valence-corrected chi connectivity index (χ3v) is 5.94. The van der Waals surface area contributed by atoms with Crippen LogP contribution in [0.4, 0.5) is 4.39 Å². The number of pyridine rings is 1. The third-order valence-electron chi connectivity index (χ3n) is 4.03. The Hall–Kier alpha value is -1.87. The van der Waals surface area contributed by atoms with E-state index in [4.69, 9.17) is 9.15 Å². The number of rotatable bonds is 7. The van der Waals surface area contributed by atoms with E-state index in [2.05, 4.69) is 27.1 Å². The number of nitrogens with zero attached hydrogens (tertiary/aromatic N) is 2. The van der Waals surface area contributed by atoms with Gasteiger partial charge in [-0.1, -0.05) is 11.8 Å². The van der Waals surface area contributed by atoms with Gasteiger partial charge in [0.2, 0.25) is 0 Å². The predicted octanol–water partition coefficient (Wildman–Crippen LogP) is 6.44. The molecule has 0 radical (unpaired) electrons. The van der Waals surface area contributed by atoms with Crippen LogP contribution in [0.15, 0.2) is 57.1 Å². The zero-order valence-electron chi connectivity index (χ0n) is 16.2. The minimum atomic E-state index is -0.420. The number of hydrogen-bond acceptors (Lipinski definition) is 6. The Balaban J connectivity index is 0.00000160. The van der Waals surface area contributed by atoms with Gasteiger partial charge < -0.3 is 14.1 Å². The van der Waals surface area contributed by atoms with Gasteiger partial charge in [0.1, 0.15) is 5.76 Å². The first-order valence-electron chi connectivity index (χ1n) is 8.59. The molecule has 0 spiro atoms. The minimum Gasteiger partial charge on any atom is -0.494 e. The van der Waals surface area contributed by atoms with Crippen LogP contribution in [0.3, 0.4) is 0 Å². The molecule has 0 bridgehead atoms. The van der Waals surface area contributed by atoms with Gasteiger partial charge in [-0.25, -0.2) is 9.37 Å². The van der Waals surface area contributed by atoms with Gasteiger partial charge in [0.25, 0.3) is 0 Å². The van der Waals surface area contributed by atoms with E-state index in [1.165, 1.54) is 24.9 Å². The van der Waals surface area contributed by atoms with Crippen molar-refractivity contribution in [3.63, 3.8) is 0 Å². The molecular formula is C20H20Cl2FN3O2S2. The number of benzene rings is 1. The summed E-state index contributed by atoms with van der Waals surface area (Å²) in [4.78, 5) is 13.4. The zero-order valence-corrected chi connectivity index (χ0v) is 19.4. The molecule has 4 rings (SSSR count). The maximum absolute atomic E-state index is 13.8. The van der Waals surface area contributed by atoms with E-state index < -0.39 is 5.82 Å². The zero-order chi connectivity index (χ0) is 19.5. The number of nitrogens with one attached hydrogen (secondary N) is 1. The van der Waals surface area contributed by atoms with Gasteiger partial charge in [0.05, 0.1) is 35.9 Å². The Morgan fingerprint density at radius 2 is 1.93 bits per heavy atom. The average molecular weight is 488 g/mol. The molecule has 0 aliphatic heterocycles. The van der Waals surface area contributed by atoms with Crippen LogP contribution >= 0.6 is 48.3 Å². The lowest BCUT2D eigenvalue weighted by Crippen LogP contribution is -1.92. The number of H-pyrrole nitrogens is 1. The summed E-state index contributed by atoms with van der Waals surface area (Å²) in [6, 6.07) is 11.0. The summed E-state index contributed by atoms with van der Waals surface area (Å²) >= 11 is 3.25.